The van der Waals surface area contributed by atoms with E-state index in [9.17, 15) is 4.79 Å². The van der Waals surface area contributed by atoms with Crippen LogP contribution in [0.25, 0.3) is 0 Å². The molecular formula is C9H12N2O3. The number of nitrogens with two attached hydrogens (primary N) is 2. The van der Waals surface area contributed by atoms with Crippen LogP contribution in [0, 0.1) is 0 Å². The molecule has 0 bridgehead atoms. The summed E-state index contributed by atoms with van der Waals surface area (Å²) < 4.78 is 0. The van der Waals surface area contributed by atoms with Gasteiger partial charge in [0.2, 0.25) is 0 Å². The van der Waals surface area contributed by atoms with Crippen molar-refractivity contribution in [1.29, 1.82) is 0 Å². The molecule has 5 N–H and O–H groups in total. The molecule has 5 heteroatoms. The number of carboxylic acids is 1. The van der Waals surface area contributed by atoms with Crippen molar-refractivity contribution in [3.05, 3.63) is 29.8 Å². The molecular weight excluding hydrogens is 184 g/mol. The van der Waals surface area contributed by atoms with Gasteiger partial charge in [0.25, 0.3) is 0 Å². The van der Waals surface area contributed by atoms with Crippen LogP contribution in [0.3, 0.4) is 0 Å². The first-order chi connectivity index (χ1) is 6.63. The molecule has 1 atom stereocenters. The molecule has 0 aromatic heterocycles. The number of rotatable bonds is 4. The maximum atomic E-state index is 10.5. The Hall–Kier alpha value is -1.59. The summed E-state index contributed by atoms with van der Waals surface area (Å²) in [5.74, 6) is 4.45. The second kappa shape index (κ2) is 4.59. The highest BCUT2D eigenvalue weighted by Gasteiger charge is 2.11. The van der Waals surface area contributed by atoms with E-state index in [1.165, 1.54) is 0 Å². The molecule has 0 aliphatic rings. The number of hydrogen-bond acceptors (Lipinski definition) is 4. The van der Waals surface area contributed by atoms with Crippen molar-refractivity contribution in [1.82, 2.24) is 0 Å². The molecule has 0 aliphatic heterocycles. The highest BCUT2D eigenvalue weighted by atomic mass is 16.6. The first-order valence-corrected chi connectivity index (χ1v) is 4.07. The van der Waals surface area contributed by atoms with E-state index in [0.29, 0.717) is 12.2 Å². The Bertz CT molecular complexity index is 310. The third-order valence-electron chi connectivity index (χ3n) is 1.83. The Labute approximate surface area is 81.2 Å². The van der Waals surface area contributed by atoms with Gasteiger partial charge in [-0.15, -0.1) is 0 Å². The molecule has 0 amide bonds. The smallest absolute Gasteiger partial charge is 0.320 e. The van der Waals surface area contributed by atoms with E-state index in [1.807, 2.05) is 0 Å². The average Bonchev–Trinajstić information content (AvgIpc) is 2.19. The van der Waals surface area contributed by atoms with Crippen LogP contribution < -0.4 is 16.5 Å². The third-order valence-corrected chi connectivity index (χ3v) is 1.83. The lowest BCUT2D eigenvalue weighted by Crippen LogP contribution is -2.32. The molecule has 0 fully saturated rings. The van der Waals surface area contributed by atoms with Gasteiger partial charge >= 0.3 is 5.97 Å². The number of carboxylic acid groups (broad SMARTS) is 1. The van der Waals surface area contributed by atoms with Crippen molar-refractivity contribution in [3.8, 4) is 5.75 Å². The van der Waals surface area contributed by atoms with Gasteiger partial charge in [0.1, 0.15) is 11.8 Å². The van der Waals surface area contributed by atoms with Gasteiger partial charge in [-0.3, -0.25) is 4.79 Å². The van der Waals surface area contributed by atoms with E-state index >= 15 is 0 Å². The van der Waals surface area contributed by atoms with Gasteiger partial charge in [0.15, 0.2) is 0 Å². The van der Waals surface area contributed by atoms with E-state index in [2.05, 4.69) is 4.84 Å². The fourth-order valence-corrected chi connectivity index (χ4v) is 1.05. The summed E-state index contributed by atoms with van der Waals surface area (Å²) >= 11 is 0. The second-order valence-electron chi connectivity index (χ2n) is 2.91. The molecule has 0 spiro atoms. The highest BCUT2D eigenvalue weighted by molar-refractivity contribution is 5.73. The topological polar surface area (TPSA) is 98.6 Å². The van der Waals surface area contributed by atoms with Gasteiger partial charge in [-0.25, -0.2) is 0 Å². The Morgan fingerprint density at radius 2 is 2.00 bits per heavy atom. The zero-order chi connectivity index (χ0) is 10.6. The minimum atomic E-state index is -1.01. The van der Waals surface area contributed by atoms with Crippen LogP contribution in [-0.4, -0.2) is 17.1 Å². The lowest BCUT2D eigenvalue weighted by Gasteiger charge is -2.06. The van der Waals surface area contributed by atoms with Crippen molar-refractivity contribution in [3.63, 3.8) is 0 Å². The van der Waals surface area contributed by atoms with Crippen LogP contribution in [0.1, 0.15) is 5.56 Å². The Kier molecular flexibility index (Phi) is 3.44. The molecule has 1 aromatic rings. The minimum Gasteiger partial charge on any atom is -0.480 e. The van der Waals surface area contributed by atoms with E-state index in [4.69, 9.17) is 16.7 Å². The van der Waals surface area contributed by atoms with Crippen LogP contribution >= 0.6 is 0 Å². The first-order valence-electron chi connectivity index (χ1n) is 4.07. The van der Waals surface area contributed by atoms with Gasteiger partial charge in [0, 0.05) is 0 Å². The van der Waals surface area contributed by atoms with Gasteiger partial charge in [-0.2, -0.15) is 5.90 Å². The van der Waals surface area contributed by atoms with Gasteiger partial charge in [0.05, 0.1) is 0 Å². The third kappa shape index (κ3) is 2.72. The Morgan fingerprint density at radius 3 is 2.43 bits per heavy atom. The monoisotopic (exact) mass is 196 g/mol. The molecule has 0 radical (unpaired) electrons. The Balaban J connectivity index is 2.64. The summed E-state index contributed by atoms with van der Waals surface area (Å²) in [4.78, 5) is 14.9. The average molecular weight is 196 g/mol. The summed E-state index contributed by atoms with van der Waals surface area (Å²) in [5.41, 5.74) is 6.20. The van der Waals surface area contributed by atoms with E-state index in [1.54, 1.807) is 24.3 Å². The molecule has 5 nitrogen and oxygen atoms in total. The summed E-state index contributed by atoms with van der Waals surface area (Å²) in [6, 6.07) is 5.89. The maximum absolute atomic E-state index is 10.5. The van der Waals surface area contributed by atoms with E-state index in [-0.39, 0.29) is 0 Å². The molecule has 14 heavy (non-hydrogen) atoms. The molecule has 1 unspecified atom stereocenters. The SMILES string of the molecule is NOc1ccc(CC(N)C(=O)O)cc1. The lowest BCUT2D eigenvalue weighted by molar-refractivity contribution is -0.138. The van der Waals surface area contributed by atoms with Crippen LogP contribution in [0.4, 0.5) is 0 Å². The van der Waals surface area contributed by atoms with Crippen molar-refractivity contribution < 1.29 is 14.7 Å². The summed E-state index contributed by atoms with van der Waals surface area (Å²) in [6.45, 7) is 0. The van der Waals surface area contributed by atoms with Crippen molar-refractivity contribution >= 4 is 5.97 Å². The summed E-state index contributed by atoms with van der Waals surface area (Å²) in [5, 5.41) is 8.57. The fourth-order valence-electron chi connectivity index (χ4n) is 1.05. The number of benzene rings is 1. The van der Waals surface area contributed by atoms with Crippen molar-refractivity contribution in [2.45, 2.75) is 12.5 Å². The van der Waals surface area contributed by atoms with Crippen LogP contribution in [0.5, 0.6) is 5.75 Å². The first kappa shape index (κ1) is 10.5. The standard InChI is InChI=1S/C9H12N2O3/c10-8(9(12)13)5-6-1-3-7(14-11)4-2-6/h1-4,8H,5,10-11H2,(H,12,13). The largest absolute Gasteiger partial charge is 0.480 e. The lowest BCUT2D eigenvalue weighted by atomic mass is 10.1. The summed E-state index contributed by atoms with van der Waals surface area (Å²) in [7, 11) is 0. The molecule has 1 aromatic carbocycles. The molecule has 0 heterocycles. The van der Waals surface area contributed by atoms with Crippen molar-refractivity contribution in [2.24, 2.45) is 11.6 Å². The predicted molar refractivity (Wildman–Crippen MR) is 50.6 cm³/mol. The van der Waals surface area contributed by atoms with Gasteiger partial charge < -0.3 is 15.7 Å². The predicted octanol–water partition coefficient (Wildman–Crippen LogP) is -0.106. The van der Waals surface area contributed by atoms with Gasteiger partial charge in [-0.05, 0) is 24.1 Å². The zero-order valence-electron chi connectivity index (χ0n) is 7.51. The summed E-state index contributed by atoms with van der Waals surface area (Å²) in [6.07, 6.45) is 0.292. The molecule has 1 rings (SSSR count). The van der Waals surface area contributed by atoms with E-state index < -0.39 is 12.0 Å². The normalized spacial score (nSPS) is 12.1. The van der Waals surface area contributed by atoms with E-state index in [0.717, 1.165) is 5.56 Å². The fraction of sp³-hybridized carbons (Fsp3) is 0.222. The van der Waals surface area contributed by atoms with Crippen LogP contribution in [0.2, 0.25) is 0 Å². The quantitative estimate of drug-likeness (QED) is 0.584. The molecule has 0 aliphatic carbocycles. The molecule has 0 saturated carbocycles. The number of carbonyl (C=O) groups is 1. The second-order valence-corrected chi connectivity index (χ2v) is 2.91. The molecule has 76 valence electrons. The number of aliphatic carboxylic acids is 1. The number of hydrogen-bond donors (Lipinski definition) is 3. The van der Waals surface area contributed by atoms with Crippen LogP contribution in [-0.2, 0) is 11.2 Å². The zero-order valence-corrected chi connectivity index (χ0v) is 7.51. The van der Waals surface area contributed by atoms with Crippen LogP contribution in [0.15, 0.2) is 24.3 Å². The maximum Gasteiger partial charge on any atom is 0.320 e. The minimum absolute atomic E-state index is 0.292. The van der Waals surface area contributed by atoms with Crippen molar-refractivity contribution in [2.75, 3.05) is 0 Å². The van der Waals surface area contributed by atoms with Gasteiger partial charge in [-0.1, -0.05) is 12.1 Å². The highest BCUT2D eigenvalue weighted by Crippen LogP contribution is 2.11. The Morgan fingerprint density at radius 1 is 1.43 bits per heavy atom. The molecule has 0 saturated heterocycles.